The van der Waals surface area contributed by atoms with Crippen molar-refractivity contribution in [3.05, 3.63) is 161 Å². The summed E-state index contributed by atoms with van der Waals surface area (Å²) in [5, 5.41) is 28.5. The third kappa shape index (κ3) is 24.9. The van der Waals surface area contributed by atoms with Crippen molar-refractivity contribution in [2.45, 2.75) is 41.3 Å². The number of likely N-dealkylation sites (N-methyl/N-ethyl adjacent to an activating group) is 1. The Hall–Kier alpha value is -9.40. The van der Waals surface area contributed by atoms with Gasteiger partial charge < -0.3 is 37.4 Å². The summed E-state index contributed by atoms with van der Waals surface area (Å²) in [5.74, 6) is 2.59. The SMILES string of the molecule is C.C#CC(=O)OCC.CCOC(=O)/C(=C\C(=O)c1ccon1)N(C)OC.CCOC(=O)c1cc(-c2ccon2)n(Cc2ccccc2F)n1.CON(C)C(=O)c1ccon1.Cl.NNCc1ccccc1F.O=C(O)c1ccon1. The quantitative estimate of drug-likeness (QED) is 0.0130. The Balaban J connectivity index is 0.000000970. The van der Waals surface area contributed by atoms with Gasteiger partial charge in [-0.3, -0.25) is 40.3 Å². The van der Waals surface area contributed by atoms with Crippen molar-refractivity contribution in [3.63, 3.8) is 0 Å². The summed E-state index contributed by atoms with van der Waals surface area (Å²) in [6.45, 7) is 6.41. The van der Waals surface area contributed by atoms with Gasteiger partial charge in [-0.2, -0.15) is 5.10 Å². The van der Waals surface area contributed by atoms with E-state index in [0.29, 0.717) is 35.7 Å². The summed E-state index contributed by atoms with van der Waals surface area (Å²) in [4.78, 5) is 75.8. The van der Waals surface area contributed by atoms with Crippen LogP contribution in [0, 0.1) is 24.0 Å². The highest BCUT2D eigenvalue weighted by Crippen LogP contribution is 2.21. The van der Waals surface area contributed by atoms with Crippen LogP contribution in [0.15, 0.2) is 134 Å². The van der Waals surface area contributed by atoms with Gasteiger partial charge in [-0.25, -0.2) is 33.0 Å². The molecule has 0 aliphatic rings. The van der Waals surface area contributed by atoms with Gasteiger partial charge in [0.2, 0.25) is 5.78 Å². The number of benzene rings is 2. The zero-order valence-corrected chi connectivity index (χ0v) is 43.7. The number of nitrogens with zero attached hydrogens (tertiary/aromatic N) is 8. The van der Waals surface area contributed by atoms with E-state index >= 15 is 0 Å². The Kier molecular flexibility index (Phi) is 34.4. The van der Waals surface area contributed by atoms with Crippen LogP contribution < -0.4 is 11.3 Å². The Bertz CT molecular complexity index is 2930. The van der Waals surface area contributed by atoms with Gasteiger partial charge in [0.15, 0.2) is 28.5 Å². The van der Waals surface area contributed by atoms with Crippen LogP contribution in [0.5, 0.6) is 0 Å². The van der Waals surface area contributed by atoms with E-state index in [0.717, 1.165) is 16.2 Å². The first-order chi connectivity index (χ1) is 37.0. The van der Waals surface area contributed by atoms with Crippen molar-refractivity contribution in [2.24, 2.45) is 5.84 Å². The maximum atomic E-state index is 13.9. The minimum atomic E-state index is -1.07. The summed E-state index contributed by atoms with van der Waals surface area (Å²) in [5.41, 5.74) is 4.86. The maximum Gasteiger partial charge on any atom is 0.384 e. The number of carbonyl (C=O) groups is 6. The number of carboxylic acids is 1. The fourth-order valence-electron chi connectivity index (χ4n) is 5.11. The van der Waals surface area contributed by atoms with Crippen LogP contribution in [0.4, 0.5) is 8.78 Å². The molecule has 5 heterocycles. The van der Waals surface area contributed by atoms with Crippen molar-refractivity contribution in [1.29, 1.82) is 0 Å². The number of hydrazine groups is 1. The molecule has 0 saturated carbocycles. The molecule has 7 rings (SSSR count). The number of allylic oxidation sites excluding steroid dienone is 1. The highest BCUT2D eigenvalue weighted by molar-refractivity contribution is 6.07. The first kappa shape index (κ1) is 69.6. The van der Waals surface area contributed by atoms with Gasteiger partial charge in [-0.1, -0.05) is 64.5 Å². The summed E-state index contributed by atoms with van der Waals surface area (Å²) in [6.07, 6.45) is 10.9. The number of terminal acetylenes is 1. The second kappa shape index (κ2) is 39.0. The van der Waals surface area contributed by atoms with Crippen molar-refractivity contribution >= 4 is 48.0 Å². The molecule has 79 heavy (non-hydrogen) atoms. The Morgan fingerprint density at radius 1 is 0.722 bits per heavy atom. The van der Waals surface area contributed by atoms with Gasteiger partial charge in [-0.15, -0.1) is 18.8 Å². The normalized spacial score (nSPS) is 9.76. The molecule has 1 amide bonds. The van der Waals surface area contributed by atoms with Crippen LogP contribution in [0.25, 0.3) is 11.4 Å². The van der Waals surface area contributed by atoms with E-state index in [-0.39, 0.29) is 85.6 Å². The van der Waals surface area contributed by atoms with Crippen molar-refractivity contribution in [2.75, 3.05) is 48.1 Å². The fraction of sp³-hybridized carbons (Fsp3) is 0.260. The molecule has 0 aliphatic heterocycles. The highest BCUT2D eigenvalue weighted by Gasteiger charge is 2.21. The fourth-order valence-corrected chi connectivity index (χ4v) is 5.11. The molecule has 0 saturated heterocycles. The molecule has 0 unspecified atom stereocenters. The molecule has 0 fully saturated rings. The Morgan fingerprint density at radius 2 is 1.23 bits per heavy atom. The predicted molar refractivity (Wildman–Crippen MR) is 275 cm³/mol. The van der Waals surface area contributed by atoms with Crippen molar-refractivity contribution < 1.29 is 84.6 Å². The lowest BCUT2D eigenvalue weighted by molar-refractivity contribution is -0.149. The van der Waals surface area contributed by atoms with Gasteiger partial charge in [-0.05, 0) is 32.9 Å². The van der Waals surface area contributed by atoms with Gasteiger partial charge in [0.25, 0.3) is 5.91 Å². The third-order valence-corrected chi connectivity index (χ3v) is 8.82. The van der Waals surface area contributed by atoms with Gasteiger partial charge in [0.1, 0.15) is 42.4 Å². The average molecular weight is 1130 g/mol. The number of carbonyl (C=O) groups excluding carboxylic acids is 5. The summed E-state index contributed by atoms with van der Waals surface area (Å²) >= 11 is 0. The van der Waals surface area contributed by atoms with Gasteiger partial charge >= 0.3 is 23.9 Å². The van der Waals surface area contributed by atoms with Crippen LogP contribution in [0.1, 0.15) is 81.3 Å². The number of rotatable bonds is 17. The molecule has 0 atom stereocenters. The van der Waals surface area contributed by atoms with Crippen LogP contribution in [0.3, 0.4) is 0 Å². The number of hydrogen-bond donors (Lipinski definition) is 3. The lowest BCUT2D eigenvalue weighted by atomic mass is 10.2. The van der Waals surface area contributed by atoms with Crippen LogP contribution in [-0.4, -0.2) is 129 Å². The molecule has 29 heteroatoms. The van der Waals surface area contributed by atoms with E-state index in [1.165, 1.54) is 88.4 Å². The first-order valence-electron chi connectivity index (χ1n) is 22.2. The molecule has 7 aromatic rings. The smallest absolute Gasteiger partial charge is 0.384 e. The van der Waals surface area contributed by atoms with E-state index in [9.17, 15) is 37.5 Å². The number of hydroxylamine groups is 4. The molecular weight excluding hydrogens is 1070 g/mol. The van der Waals surface area contributed by atoms with Gasteiger partial charge in [0, 0.05) is 74.1 Å². The number of ether oxygens (including phenoxy) is 3. The monoisotopic (exact) mass is 1130 g/mol. The number of nitrogens with one attached hydrogen (secondary N) is 1. The van der Waals surface area contributed by atoms with E-state index in [1.807, 2.05) is 0 Å². The number of hydrogen-bond acceptors (Lipinski definition) is 23. The maximum absolute atomic E-state index is 13.9. The molecule has 2 aromatic carbocycles. The number of carboxylic acid groups (broad SMARTS) is 1. The Morgan fingerprint density at radius 3 is 1.66 bits per heavy atom. The molecule has 0 bridgehead atoms. The second-order valence-electron chi connectivity index (χ2n) is 13.8. The highest BCUT2D eigenvalue weighted by atomic mass is 35.5. The number of amides is 1. The topological polar surface area (TPSA) is 335 Å². The minimum absolute atomic E-state index is 0. The second-order valence-corrected chi connectivity index (χ2v) is 13.8. The van der Waals surface area contributed by atoms with Crippen molar-refractivity contribution in [1.82, 2.24) is 46.0 Å². The van der Waals surface area contributed by atoms with E-state index in [4.69, 9.17) is 29.8 Å². The van der Waals surface area contributed by atoms with E-state index < -0.39 is 29.7 Å². The molecule has 426 valence electrons. The number of halogens is 3. The number of aromatic carboxylic acids is 1. The summed E-state index contributed by atoms with van der Waals surface area (Å²) in [6, 6.07) is 20.3. The van der Waals surface area contributed by atoms with E-state index in [2.05, 4.69) is 60.7 Å². The van der Waals surface area contributed by atoms with Crippen LogP contribution >= 0.6 is 12.4 Å². The third-order valence-electron chi connectivity index (χ3n) is 8.82. The number of ketones is 1. The van der Waals surface area contributed by atoms with Gasteiger partial charge in [0.05, 0.1) is 46.3 Å². The van der Waals surface area contributed by atoms with E-state index in [1.54, 1.807) is 75.2 Å². The van der Waals surface area contributed by atoms with Crippen LogP contribution in [0.2, 0.25) is 0 Å². The average Bonchev–Trinajstić information content (AvgIpc) is 4.30. The zero-order chi connectivity index (χ0) is 57.1. The largest absolute Gasteiger partial charge is 0.476 e. The molecule has 5 aromatic heterocycles. The standard InChI is InChI=1S/C16H14FN3O3.C11H14N2O5.C7H9FN2.C6H8N2O3.C5H6O2.C4H3NO3.CH4.ClH/c1-2-22-16(21)14-9-15(13-7-8-23-19-13)20(18-14)10-11-5-3-4-6-12(11)17;1-4-17-11(15)9(13(2)16-3)7-10(14)8-5-6-18-12-8;8-7-4-2-1-3-6(7)5-10-9;1-8(10-2)6(9)5-3-4-11-7-5;1-3-5(6)7-4-2;6-4(7)3-1-2-8-5-3;;/h3-9H,2,10H2,1H3;5-7H,4H2,1-3H3;1-4,10H,5,9H2;3-4H,1-2H3;1H,4H2,2H3;1-2H,(H,6,7);1H4;1H/b;9-7+;;;;;;. The van der Waals surface area contributed by atoms with Crippen LogP contribution in [-0.2, 0) is 46.6 Å². The number of nitrogens with two attached hydrogens (primary N) is 1. The zero-order valence-electron chi connectivity index (χ0n) is 42.9. The lowest BCUT2D eigenvalue weighted by Crippen LogP contribution is -2.25. The predicted octanol–water partition coefficient (Wildman–Crippen LogP) is 6.41. The minimum Gasteiger partial charge on any atom is -0.476 e. The summed E-state index contributed by atoms with van der Waals surface area (Å²) < 4.78 is 60.3. The molecule has 0 spiro atoms. The number of aromatic nitrogens is 6. The first-order valence-corrected chi connectivity index (χ1v) is 22.2. The molecule has 4 N–H and O–H groups in total. The summed E-state index contributed by atoms with van der Waals surface area (Å²) in [7, 11) is 5.75. The van der Waals surface area contributed by atoms with Crippen molar-refractivity contribution in [3.8, 4) is 23.7 Å². The molecule has 26 nitrogen and oxygen atoms in total. The number of esters is 3. The molecule has 0 radical (unpaired) electrons. The molecular formula is C50H59ClF2N10O16. The lowest BCUT2D eigenvalue weighted by Gasteiger charge is -2.17. The Labute approximate surface area is 457 Å². The molecule has 0 aliphatic carbocycles.